The molecule has 1 aromatic carbocycles. The first-order valence-corrected chi connectivity index (χ1v) is 7.35. The van der Waals surface area contributed by atoms with Gasteiger partial charge in [0.15, 0.2) is 11.5 Å². The molecule has 0 spiro atoms. The Bertz CT molecular complexity index is 657. The zero-order valence-electron chi connectivity index (χ0n) is 12.5. The maximum atomic E-state index is 12.2. The van der Waals surface area contributed by atoms with Gasteiger partial charge in [-0.05, 0) is 25.1 Å². The normalized spacial score (nSPS) is 11.8. The molecule has 7 nitrogen and oxygen atoms in total. The highest BCUT2D eigenvalue weighted by Gasteiger charge is 2.13. The summed E-state index contributed by atoms with van der Waals surface area (Å²) in [7, 11) is 3.04. The van der Waals surface area contributed by atoms with Gasteiger partial charge in [-0.3, -0.25) is 10.1 Å². The van der Waals surface area contributed by atoms with Crippen LogP contribution in [0.1, 0.15) is 23.1 Å². The number of methoxy groups -OCH3 is 2. The van der Waals surface area contributed by atoms with E-state index in [1.54, 1.807) is 25.1 Å². The first-order chi connectivity index (χ1) is 10.5. The van der Waals surface area contributed by atoms with Crippen molar-refractivity contribution < 1.29 is 19.4 Å². The maximum absolute atomic E-state index is 12.2. The highest BCUT2D eigenvalue weighted by atomic mass is 32.1. The van der Waals surface area contributed by atoms with E-state index < -0.39 is 6.10 Å². The topological polar surface area (TPSA) is 93.6 Å². The number of hydrogen-bond donors (Lipinski definition) is 2. The Hall–Kier alpha value is -2.19. The molecule has 1 amide bonds. The molecule has 22 heavy (non-hydrogen) atoms. The zero-order chi connectivity index (χ0) is 16.1. The molecule has 0 radical (unpaired) electrons. The first kappa shape index (κ1) is 16.2. The van der Waals surface area contributed by atoms with Gasteiger partial charge in [0, 0.05) is 23.5 Å². The fourth-order valence-electron chi connectivity index (χ4n) is 1.80. The largest absolute Gasteiger partial charge is 0.493 e. The number of nitrogens with one attached hydrogen (secondary N) is 1. The van der Waals surface area contributed by atoms with Crippen LogP contribution in [-0.2, 0) is 6.42 Å². The highest BCUT2D eigenvalue weighted by Crippen LogP contribution is 2.28. The number of amides is 1. The molecule has 0 saturated carbocycles. The number of ether oxygens (including phenoxy) is 2. The second-order valence-electron chi connectivity index (χ2n) is 4.59. The van der Waals surface area contributed by atoms with E-state index in [2.05, 4.69) is 14.7 Å². The van der Waals surface area contributed by atoms with E-state index >= 15 is 0 Å². The van der Waals surface area contributed by atoms with Crippen molar-refractivity contribution in [3.63, 3.8) is 0 Å². The number of nitrogens with zero attached hydrogens (tertiary/aromatic N) is 2. The molecule has 118 valence electrons. The molecule has 8 heteroatoms. The number of benzene rings is 1. The van der Waals surface area contributed by atoms with Gasteiger partial charge in [0.25, 0.3) is 5.91 Å². The summed E-state index contributed by atoms with van der Waals surface area (Å²) in [4.78, 5) is 16.3. The number of carbonyl (C=O) groups is 1. The lowest BCUT2D eigenvalue weighted by atomic mass is 10.2. The van der Waals surface area contributed by atoms with E-state index in [0.717, 1.165) is 11.5 Å². The van der Waals surface area contributed by atoms with Gasteiger partial charge >= 0.3 is 0 Å². The molecule has 0 unspecified atom stereocenters. The van der Waals surface area contributed by atoms with Crippen LogP contribution in [0.2, 0.25) is 0 Å². The Morgan fingerprint density at radius 3 is 2.73 bits per heavy atom. The molecule has 0 bridgehead atoms. The van der Waals surface area contributed by atoms with Crippen molar-refractivity contribution in [3.05, 3.63) is 29.6 Å². The van der Waals surface area contributed by atoms with E-state index in [1.807, 2.05) is 0 Å². The van der Waals surface area contributed by atoms with Gasteiger partial charge in [-0.15, -0.1) is 0 Å². The van der Waals surface area contributed by atoms with Crippen LogP contribution < -0.4 is 14.8 Å². The van der Waals surface area contributed by atoms with Crippen molar-refractivity contribution in [1.29, 1.82) is 0 Å². The summed E-state index contributed by atoms with van der Waals surface area (Å²) in [6, 6.07) is 4.88. The Morgan fingerprint density at radius 2 is 2.09 bits per heavy atom. The molecule has 2 rings (SSSR count). The molecule has 2 aromatic rings. The van der Waals surface area contributed by atoms with Crippen LogP contribution in [0.25, 0.3) is 0 Å². The summed E-state index contributed by atoms with van der Waals surface area (Å²) in [5.74, 6) is 1.21. The minimum absolute atomic E-state index is 0.319. The van der Waals surface area contributed by atoms with E-state index in [1.165, 1.54) is 14.2 Å². The van der Waals surface area contributed by atoms with Crippen molar-refractivity contribution in [2.24, 2.45) is 0 Å². The summed E-state index contributed by atoms with van der Waals surface area (Å²) >= 11 is 1.07. The van der Waals surface area contributed by atoms with Crippen molar-refractivity contribution in [1.82, 2.24) is 9.36 Å². The van der Waals surface area contributed by atoms with Crippen LogP contribution in [0, 0.1) is 0 Å². The van der Waals surface area contributed by atoms with Gasteiger partial charge in [-0.2, -0.15) is 4.37 Å². The average molecular weight is 323 g/mol. The third-order valence-corrected chi connectivity index (χ3v) is 3.48. The van der Waals surface area contributed by atoms with Gasteiger partial charge in [-0.1, -0.05) is 0 Å². The first-order valence-electron chi connectivity index (χ1n) is 6.57. The summed E-state index contributed by atoms with van der Waals surface area (Å²) in [6.45, 7) is 1.66. The number of rotatable bonds is 6. The number of hydrogen-bond acceptors (Lipinski definition) is 7. The molecule has 0 aliphatic rings. The summed E-state index contributed by atoms with van der Waals surface area (Å²) < 4.78 is 14.4. The summed E-state index contributed by atoms with van der Waals surface area (Å²) in [5.41, 5.74) is 0.421. The third kappa shape index (κ3) is 3.92. The average Bonchev–Trinajstić information content (AvgIpc) is 2.92. The standard InChI is InChI=1S/C14H17N3O4S/c1-8(18)6-12-15-14(22-17-12)16-13(19)9-4-5-10(20-2)11(7-9)21-3/h4-5,7-8,18H,6H2,1-3H3,(H,15,16,17,19)/t8-/m0/s1. The monoisotopic (exact) mass is 323 g/mol. The molecule has 2 N–H and O–H groups in total. The molecule has 0 aliphatic carbocycles. The molecule has 1 aromatic heterocycles. The van der Waals surface area contributed by atoms with Gasteiger partial charge in [0.1, 0.15) is 5.82 Å². The fourth-order valence-corrected chi connectivity index (χ4v) is 2.39. The molecule has 0 saturated heterocycles. The summed E-state index contributed by atoms with van der Waals surface area (Å²) in [6.07, 6.45) is -0.174. The van der Waals surface area contributed by atoms with Gasteiger partial charge in [0.2, 0.25) is 5.13 Å². The quantitative estimate of drug-likeness (QED) is 0.841. The number of anilines is 1. The molecule has 0 aliphatic heterocycles. The Morgan fingerprint density at radius 1 is 1.36 bits per heavy atom. The minimum Gasteiger partial charge on any atom is -0.493 e. The lowest BCUT2D eigenvalue weighted by Crippen LogP contribution is -2.12. The minimum atomic E-state index is -0.524. The van der Waals surface area contributed by atoms with Crippen molar-refractivity contribution >= 4 is 22.6 Å². The molecule has 1 atom stereocenters. The zero-order valence-corrected chi connectivity index (χ0v) is 13.3. The van der Waals surface area contributed by atoms with Crippen LogP contribution in [0.5, 0.6) is 11.5 Å². The number of carbonyl (C=O) groups excluding carboxylic acids is 1. The molecule has 1 heterocycles. The van der Waals surface area contributed by atoms with Crippen molar-refractivity contribution in [3.8, 4) is 11.5 Å². The van der Waals surface area contributed by atoms with Crippen LogP contribution in [0.4, 0.5) is 5.13 Å². The third-order valence-electron chi connectivity index (χ3n) is 2.81. The Kier molecular flexibility index (Phi) is 5.29. The highest BCUT2D eigenvalue weighted by molar-refractivity contribution is 7.09. The second kappa shape index (κ2) is 7.19. The summed E-state index contributed by atoms with van der Waals surface area (Å²) in [5, 5.41) is 12.3. The van der Waals surface area contributed by atoms with E-state index in [-0.39, 0.29) is 5.91 Å². The van der Waals surface area contributed by atoms with Gasteiger partial charge < -0.3 is 14.6 Å². The predicted octanol–water partition coefficient (Wildman–Crippen LogP) is 1.73. The SMILES string of the molecule is COc1ccc(C(=O)Nc2nc(C[C@H](C)O)ns2)cc1OC. The van der Waals surface area contributed by atoms with E-state index in [9.17, 15) is 9.90 Å². The van der Waals surface area contributed by atoms with Crippen LogP contribution in [-0.4, -0.2) is 40.7 Å². The Labute approximate surface area is 132 Å². The van der Waals surface area contributed by atoms with Gasteiger partial charge in [-0.25, -0.2) is 4.98 Å². The maximum Gasteiger partial charge on any atom is 0.257 e. The number of aromatic nitrogens is 2. The van der Waals surface area contributed by atoms with Gasteiger partial charge in [0.05, 0.1) is 20.3 Å². The lowest BCUT2D eigenvalue weighted by Gasteiger charge is -2.09. The van der Waals surface area contributed by atoms with Crippen LogP contribution in [0.15, 0.2) is 18.2 Å². The lowest BCUT2D eigenvalue weighted by molar-refractivity contribution is 0.102. The van der Waals surface area contributed by atoms with E-state index in [4.69, 9.17) is 9.47 Å². The Balaban J connectivity index is 2.10. The number of aliphatic hydroxyl groups is 1. The van der Waals surface area contributed by atoms with Crippen molar-refractivity contribution in [2.75, 3.05) is 19.5 Å². The predicted molar refractivity (Wildman–Crippen MR) is 82.8 cm³/mol. The molecular formula is C14H17N3O4S. The number of aliphatic hydroxyl groups excluding tert-OH is 1. The second-order valence-corrected chi connectivity index (χ2v) is 5.34. The van der Waals surface area contributed by atoms with Crippen LogP contribution >= 0.6 is 11.5 Å². The van der Waals surface area contributed by atoms with Crippen LogP contribution in [0.3, 0.4) is 0 Å². The molecular weight excluding hydrogens is 306 g/mol. The van der Waals surface area contributed by atoms with Crippen molar-refractivity contribution in [2.45, 2.75) is 19.4 Å². The smallest absolute Gasteiger partial charge is 0.257 e. The van der Waals surface area contributed by atoms with E-state index in [0.29, 0.717) is 34.4 Å². The molecule has 0 fully saturated rings. The fraction of sp³-hybridized carbons (Fsp3) is 0.357.